The maximum Gasteiger partial charge on any atom is 0.267 e. The lowest BCUT2D eigenvalue weighted by Crippen LogP contribution is -2.33. The first-order valence-electron chi connectivity index (χ1n) is 8.57. The van der Waals surface area contributed by atoms with Crippen molar-refractivity contribution in [3.05, 3.63) is 53.4 Å². The molecule has 2 heterocycles. The molecule has 1 aromatic carbocycles. The Kier molecular flexibility index (Phi) is 5.76. The van der Waals surface area contributed by atoms with Gasteiger partial charge in [0, 0.05) is 17.4 Å². The Morgan fingerprint density at radius 3 is 2.69 bits per heavy atom. The molecule has 3 N–H and O–H groups in total. The minimum Gasteiger partial charge on any atom is -0.493 e. The number of hydrogen-bond acceptors (Lipinski definition) is 6. The highest BCUT2D eigenvalue weighted by Crippen LogP contribution is 2.52. The Labute approximate surface area is 170 Å². The lowest BCUT2D eigenvalue weighted by molar-refractivity contribution is -0.129. The molecule has 1 fully saturated rings. The van der Waals surface area contributed by atoms with E-state index >= 15 is 0 Å². The van der Waals surface area contributed by atoms with Gasteiger partial charge in [0.25, 0.3) is 11.8 Å². The summed E-state index contributed by atoms with van der Waals surface area (Å²) in [6.07, 6.45) is 0.304. The average Bonchev–Trinajstić information content (AvgIpc) is 2.99. The number of benzene rings is 1. The number of anilines is 1. The van der Waals surface area contributed by atoms with Crippen molar-refractivity contribution < 1.29 is 27.8 Å². The topological polar surface area (TPSA) is 104 Å². The second kappa shape index (κ2) is 7.96. The molecule has 0 saturated carbocycles. The number of ether oxygens (including phenoxy) is 2. The molecular weight excluding hydrogens is 404 g/mol. The van der Waals surface area contributed by atoms with Crippen molar-refractivity contribution in [2.24, 2.45) is 5.73 Å². The van der Waals surface area contributed by atoms with E-state index in [2.05, 4.69) is 10.3 Å². The van der Waals surface area contributed by atoms with Gasteiger partial charge < -0.3 is 20.5 Å². The van der Waals surface area contributed by atoms with E-state index in [0.29, 0.717) is 11.3 Å². The third kappa shape index (κ3) is 4.33. The summed E-state index contributed by atoms with van der Waals surface area (Å²) in [4.78, 5) is 27.3. The molecule has 1 aromatic heterocycles. The van der Waals surface area contributed by atoms with E-state index in [-0.39, 0.29) is 11.4 Å². The largest absolute Gasteiger partial charge is 0.493 e. The monoisotopic (exact) mass is 423 g/mol. The number of hydrogen-bond donors (Lipinski definition) is 2. The van der Waals surface area contributed by atoms with Crippen molar-refractivity contribution in [1.29, 1.82) is 0 Å². The number of carbonyl (C=O) groups is 2. The SMILES string of the molecule is COc1c([C@@H]2SC(C)(C)O[C@H]2C(=O)Nc2ccnc(C(N)=O)c2)ccc(F)c1F. The number of carbonyl (C=O) groups excluding carboxylic acids is 2. The van der Waals surface area contributed by atoms with Crippen LogP contribution in [-0.2, 0) is 9.53 Å². The summed E-state index contributed by atoms with van der Waals surface area (Å²) in [5.41, 5.74) is 5.79. The van der Waals surface area contributed by atoms with Crippen LogP contribution in [0.5, 0.6) is 5.75 Å². The Morgan fingerprint density at radius 1 is 1.31 bits per heavy atom. The summed E-state index contributed by atoms with van der Waals surface area (Å²) in [5.74, 6) is -3.72. The van der Waals surface area contributed by atoms with Crippen LogP contribution in [0.2, 0.25) is 0 Å². The predicted octanol–water partition coefficient (Wildman–Crippen LogP) is 3.02. The van der Waals surface area contributed by atoms with Gasteiger partial charge in [-0.2, -0.15) is 4.39 Å². The first-order valence-corrected chi connectivity index (χ1v) is 9.45. The number of methoxy groups -OCH3 is 1. The molecule has 0 aliphatic carbocycles. The molecule has 2 atom stereocenters. The zero-order valence-corrected chi connectivity index (χ0v) is 16.7. The van der Waals surface area contributed by atoms with Crippen LogP contribution in [0.1, 0.15) is 35.1 Å². The average molecular weight is 423 g/mol. The van der Waals surface area contributed by atoms with E-state index in [1.807, 2.05) is 0 Å². The minimum atomic E-state index is -1.13. The summed E-state index contributed by atoms with van der Waals surface area (Å²) in [5, 5.41) is 1.99. The summed E-state index contributed by atoms with van der Waals surface area (Å²) in [7, 11) is 1.23. The van der Waals surface area contributed by atoms with Crippen LogP contribution in [0.25, 0.3) is 0 Å². The third-order valence-corrected chi connectivity index (χ3v) is 5.64. The lowest BCUT2D eigenvalue weighted by atomic mass is 10.0. The third-order valence-electron chi connectivity index (χ3n) is 4.23. The first-order chi connectivity index (χ1) is 13.6. The highest BCUT2D eigenvalue weighted by molar-refractivity contribution is 8.01. The van der Waals surface area contributed by atoms with E-state index < -0.39 is 39.7 Å². The standard InChI is InChI=1S/C19H19F2N3O4S/c1-19(2)28-15(18(26)24-9-6-7-23-12(8-9)17(22)25)16(29-19)10-4-5-11(20)13(21)14(10)27-3/h4-8,15-16H,1-3H3,(H2,22,25)(H,23,24,26)/t15-,16+/m1/s1. The number of primary amides is 1. The van der Waals surface area contributed by atoms with E-state index in [1.54, 1.807) is 13.8 Å². The number of pyridine rings is 1. The molecular formula is C19H19F2N3O4S. The van der Waals surface area contributed by atoms with Gasteiger partial charge in [0.2, 0.25) is 5.82 Å². The number of nitrogens with zero attached hydrogens (tertiary/aromatic N) is 1. The highest BCUT2D eigenvalue weighted by Gasteiger charge is 2.47. The Bertz CT molecular complexity index is 970. The molecule has 0 bridgehead atoms. The number of rotatable bonds is 5. The Balaban J connectivity index is 1.93. The number of nitrogens with one attached hydrogen (secondary N) is 1. The maximum atomic E-state index is 14.2. The zero-order valence-electron chi connectivity index (χ0n) is 15.9. The number of aromatic nitrogens is 1. The number of amides is 2. The van der Waals surface area contributed by atoms with Gasteiger partial charge in [-0.1, -0.05) is 6.07 Å². The summed E-state index contributed by atoms with van der Waals surface area (Å²) in [6.45, 7) is 3.53. The Morgan fingerprint density at radius 2 is 2.03 bits per heavy atom. The fourth-order valence-corrected chi connectivity index (χ4v) is 4.40. The molecule has 0 unspecified atom stereocenters. The first kappa shape index (κ1) is 21.0. The molecule has 10 heteroatoms. The van der Waals surface area contributed by atoms with E-state index in [4.69, 9.17) is 15.2 Å². The fourth-order valence-electron chi connectivity index (χ4n) is 3.02. The summed E-state index contributed by atoms with van der Waals surface area (Å²) < 4.78 is 38.7. The lowest BCUT2D eigenvalue weighted by Gasteiger charge is -2.20. The molecule has 3 rings (SSSR count). The molecule has 0 radical (unpaired) electrons. The number of halogens is 2. The van der Waals surface area contributed by atoms with Crippen molar-refractivity contribution in [3.63, 3.8) is 0 Å². The van der Waals surface area contributed by atoms with Crippen LogP contribution in [0.4, 0.5) is 14.5 Å². The Hall–Kier alpha value is -2.72. The molecule has 2 aromatic rings. The van der Waals surface area contributed by atoms with Crippen LogP contribution in [0.15, 0.2) is 30.5 Å². The second-order valence-electron chi connectivity index (χ2n) is 6.74. The zero-order chi connectivity index (χ0) is 21.3. The molecule has 1 aliphatic rings. The molecule has 1 saturated heterocycles. The van der Waals surface area contributed by atoms with E-state index in [9.17, 15) is 18.4 Å². The van der Waals surface area contributed by atoms with Gasteiger partial charge in [-0.25, -0.2) is 4.39 Å². The maximum absolute atomic E-state index is 14.2. The van der Waals surface area contributed by atoms with Crippen LogP contribution in [-0.4, -0.2) is 34.9 Å². The van der Waals surface area contributed by atoms with Crippen LogP contribution < -0.4 is 15.8 Å². The quantitative estimate of drug-likeness (QED) is 0.766. The van der Waals surface area contributed by atoms with Crippen molar-refractivity contribution in [1.82, 2.24) is 4.98 Å². The van der Waals surface area contributed by atoms with Gasteiger partial charge in [0.15, 0.2) is 17.7 Å². The smallest absolute Gasteiger partial charge is 0.267 e. The van der Waals surface area contributed by atoms with E-state index in [1.165, 1.54) is 43.3 Å². The van der Waals surface area contributed by atoms with Gasteiger partial charge in [0.05, 0.1) is 12.4 Å². The fraction of sp³-hybridized carbons (Fsp3) is 0.316. The van der Waals surface area contributed by atoms with Crippen LogP contribution in [0, 0.1) is 11.6 Å². The van der Waals surface area contributed by atoms with Crippen molar-refractivity contribution in [2.45, 2.75) is 30.1 Å². The molecule has 7 nitrogen and oxygen atoms in total. The van der Waals surface area contributed by atoms with Gasteiger partial charge in [-0.15, -0.1) is 11.8 Å². The van der Waals surface area contributed by atoms with Gasteiger partial charge in [-0.05, 0) is 32.0 Å². The highest BCUT2D eigenvalue weighted by atomic mass is 32.2. The molecule has 2 amide bonds. The van der Waals surface area contributed by atoms with Crippen molar-refractivity contribution in [2.75, 3.05) is 12.4 Å². The predicted molar refractivity (Wildman–Crippen MR) is 104 cm³/mol. The normalized spacial score (nSPS) is 20.3. The van der Waals surface area contributed by atoms with Gasteiger partial charge in [-0.3, -0.25) is 14.6 Å². The van der Waals surface area contributed by atoms with Crippen molar-refractivity contribution in [3.8, 4) is 5.75 Å². The molecule has 154 valence electrons. The second-order valence-corrected chi connectivity index (χ2v) is 8.47. The summed E-state index contributed by atoms with van der Waals surface area (Å²) >= 11 is 1.28. The minimum absolute atomic E-state index is 0.0105. The van der Waals surface area contributed by atoms with Gasteiger partial charge >= 0.3 is 0 Å². The van der Waals surface area contributed by atoms with Crippen LogP contribution >= 0.6 is 11.8 Å². The summed E-state index contributed by atoms with van der Waals surface area (Å²) in [6, 6.07) is 5.18. The molecule has 1 aliphatic heterocycles. The number of thioether (sulfide) groups is 1. The molecule has 29 heavy (non-hydrogen) atoms. The molecule has 0 spiro atoms. The van der Waals surface area contributed by atoms with Gasteiger partial charge in [0.1, 0.15) is 10.6 Å². The van der Waals surface area contributed by atoms with Crippen molar-refractivity contribution >= 4 is 29.3 Å². The van der Waals surface area contributed by atoms with E-state index in [0.717, 1.165) is 6.07 Å². The van der Waals surface area contributed by atoms with Crippen LogP contribution in [0.3, 0.4) is 0 Å². The number of nitrogens with two attached hydrogens (primary N) is 1.